The van der Waals surface area contributed by atoms with Gasteiger partial charge in [0.2, 0.25) is 0 Å². The number of nitrogens with zero attached hydrogens (tertiary/aromatic N) is 3. The quantitative estimate of drug-likeness (QED) is 0.776. The van der Waals surface area contributed by atoms with Gasteiger partial charge in [-0.2, -0.15) is 0 Å². The minimum atomic E-state index is -0.0115. The minimum Gasteiger partial charge on any atom is -0.294 e. The predicted molar refractivity (Wildman–Crippen MR) is 75.1 cm³/mol. The molecule has 96 valence electrons. The van der Waals surface area contributed by atoms with Crippen molar-refractivity contribution in [2.75, 3.05) is 13.1 Å². The molecule has 4 nitrogen and oxygen atoms in total. The highest BCUT2D eigenvalue weighted by Crippen LogP contribution is 2.08. The molecule has 2 heterocycles. The Morgan fingerprint density at radius 3 is 3.06 bits per heavy atom. The molecule has 0 aliphatic heterocycles. The van der Waals surface area contributed by atoms with Gasteiger partial charge in [0.15, 0.2) is 4.96 Å². The van der Waals surface area contributed by atoms with E-state index in [1.165, 1.54) is 11.3 Å². The Morgan fingerprint density at radius 1 is 1.61 bits per heavy atom. The summed E-state index contributed by atoms with van der Waals surface area (Å²) in [5.74, 6) is 0. The molecular formula is C13H17N3OS. The van der Waals surface area contributed by atoms with Crippen molar-refractivity contribution >= 4 is 16.3 Å². The Morgan fingerprint density at radius 2 is 2.39 bits per heavy atom. The van der Waals surface area contributed by atoms with Gasteiger partial charge in [-0.25, -0.2) is 4.98 Å². The maximum atomic E-state index is 11.8. The van der Waals surface area contributed by atoms with Crippen LogP contribution in [0.25, 0.3) is 4.96 Å². The van der Waals surface area contributed by atoms with Crippen molar-refractivity contribution in [3.8, 4) is 0 Å². The zero-order valence-corrected chi connectivity index (χ0v) is 11.5. The van der Waals surface area contributed by atoms with Gasteiger partial charge in [-0.05, 0) is 13.5 Å². The zero-order chi connectivity index (χ0) is 13.1. The Labute approximate surface area is 110 Å². The minimum absolute atomic E-state index is 0.0115. The second-order valence-corrected chi connectivity index (χ2v) is 5.27. The molecule has 0 aromatic carbocycles. The number of aromatic nitrogens is 2. The van der Waals surface area contributed by atoms with Gasteiger partial charge in [0.25, 0.3) is 5.56 Å². The van der Waals surface area contributed by atoms with E-state index in [-0.39, 0.29) is 5.56 Å². The molecule has 0 saturated carbocycles. The third kappa shape index (κ3) is 2.86. The Balaban J connectivity index is 2.25. The van der Waals surface area contributed by atoms with Crippen LogP contribution < -0.4 is 5.56 Å². The van der Waals surface area contributed by atoms with Crippen LogP contribution in [0.4, 0.5) is 0 Å². The van der Waals surface area contributed by atoms with Gasteiger partial charge in [0, 0.05) is 30.7 Å². The van der Waals surface area contributed by atoms with E-state index in [0.29, 0.717) is 6.54 Å². The molecule has 0 radical (unpaired) electrons. The highest BCUT2D eigenvalue weighted by atomic mass is 32.1. The van der Waals surface area contributed by atoms with E-state index in [2.05, 4.69) is 23.4 Å². The van der Waals surface area contributed by atoms with E-state index < -0.39 is 0 Å². The molecule has 0 bridgehead atoms. The third-order valence-corrected chi connectivity index (χ3v) is 3.44. The topological polar surface area (TPSA) is 37.6 Å². The molecule has 0 aliphatic carbocycles. The number of hydrogen-bond acceptors (Lipinski definition) is 4. The maximum absolute atomic E-state index is 11.8. The lowest BCUT2D eigenvalue weighted by Crippen LogP contribution is -2.26. The third-order valence-electron chi connectivity index (χ3n) is 2.68. The second-order valence-electron chi connectivity index (χ2n) is 4.40. The number of thiazole rings is 1. The first-order chi connectivity index (χ1) is 8.60. The summed E-state index contributed by atoms with van der Waals surface area (Å²) < 4.78 is 1.57. The molecule has 18 heavy (non-hydrogen) atoms. The van der Waals surface area contributed by atoms with Crippen molar-refractivity contribution in [1.29, 1.82) is 0 Å². The van der Waals surface area contributed by atoms with Crippen LogP contribution in [0.3, 0.4) is 0 Å². The first-order valence-electron chi connectivity index (χ1n) is 5.92. The fourth-order valence-corrected chi connectivity index (χ4v) is 2.60. The molecule has 0 unspecified atom stereocenters. The summed E-state index contributed by atoms with van der Waals surface area (Å²) >= 11 is 1.48. The van der Waals surface area contributed by atoms with Crippen molar-refractivity contribution in [2.24, 2.45) is 0 Å². The van der Waals surface area contributed by atoms with Crippen molar-refractivity contribution in [3.63, 3.8) is 0 Å². The van der Waals surface area contributed by atoms with Crippen LogP contribution >= 0.6 is 11.3 Å². The van der Waals surface area contributed by atoms with Crippen molar-refractivity contribution < 1.29 is 0 Å². The standard InChI is InChI=1S/C13H17N3OS/c1-4-15(8-10(2)3)9-11-7-12(17)16-5-6-18-13(16)14-11/h5-7H,2,4,8-9H2,1,3H3. The Hall–Kier alpha value is -1.46. The second kappa shape index (κ2) is 5.46. The smallest absolute Gasteiger partial charge is 0.258 e. The fourth-order valence-electron chi connectivity index (χ4n) is 1.86. The van der Waals surface area contributed by atoms with E-state index in [1.54, 1.807) is 16.7 Å². The molecule has 0 N–H and O–H groups in total. The van der Waals surface area contributed by atoms with Crippen molar-refractivity contribution in [1.82, 2.24) is 14.3 Å². The van der Waals surface area contributed by atoms with Crippen LogP contribution in [0.2, 0.25) is 0 Å². The van der Waals surface area contributed by atoms with Gasteiger partial charge in [-0.1, -0.05) is 19.1 Å². The summed E-state index contributed by atoms with van der Waals surface area (Å²) in [5, 5.41) is 1.87. The van der Waals surface area contributed by atoms with Crippen molar-refractivity contribution in [2.45, 2.75) is 20.4 Å². The molecule has 2 aromatic rings. The van der Waals surface area contributed by atoms with Gasteiger partial charge < -0.3 is 0 Å². The first kappa shape index (κ1) is 13.0. The summed E-state index contributed by atoms with van der Waals surface area (Å²) in [5.41, 5.74) is 1.93. The molecule has 0 amide bonds. The normalized spacial score (nSPS) is 11.3. The van der Waals surface area contributed by atoms with Crippen molar-refractivity contribution in [3.05, 3.63) is 45.8 Å². The number of fused-ring (bicyclic) bond motifs is 1. The number of likely N-dealkylation sites (N-methyl/N-ethyl adjacent to an activating group) is 1. The molecule has 0 spiro atoms. The largest absolute Gasteiger partial charge is 0.294 e. The highest BCUT2D eigenvalue weighted by Gasteiger charge is 2.08. The van der Waals surface area contributed by atoms with E-state index in [0.717, 1.165) is 29.3 Å². The molecule has 0 atom stereocenters. The monoisotopic (exact) mass is 263 g/mol. The summed E-state index contributed by atoms with van der Waals surface area (Å²) in [6.07, 6.45) is 1.75. The van der Waals surface area contributed by atoms with E-state index in [4.69, 9.17) is 0 Å². The van der Waals surface area contributed by atoms with Crippen LogP contribution in [-0.4, -0.2) is 27.4 Å². The van der Waals surface area contributed by atoms with E-state index >= 15 is 0 Å². The fraction of sp³-hybridized carbons (Fsp3) is 0.385. The lowest BCUT2D eigenvalue weighted by atomic mass is 10.3. The van der Waals surface area contributed by atoms with Gasteiger partial charge in [-0.3, -0.25) is 14.1 Å². The summed E-state index contributed by atoms with van der Waals surface area (Å²) in [7, 11) is 0. The van der Waals surface area contributed by atoms with Gasteiger partial charge >= 0.3 is 0 Å². The zero-order valence-electron chi connectivity index (χ0n) is 10.7. The molecule has 0 fully saturated rings. The van der Waals surface area contributed by atoms with Gasteiger partial charge in [-0.15, -0.1) is 11.3 Å². The lowest BCUT2D eigenvalue weighted by Gasteiger charge is -2.19. The molecular weight excluding hydrogens is 246 g/mol. The molecule has 2 aromatic heterocycles. The number of hydrogen-bond donors (Lipinski definition) is 0. The lowest BCUT2D eigenvalue weighted by molar-refractivity contribution is 0.301. The Bertz CT molecular complexity index is 614. The highest BCUT2D eigenvalue weighted by molar-refractivity contribution is 7.15. The van der Waals surface area contributed by atoms with Gasteiger partial charge in [0.05, 0.1) is 5.69 Å². The maximum Gasteiger partial charge on any atom is 0.258 e. The van der Waals surface area contributed by atoms with E-state index in [9.17, 15) is 4.79 Å². The average Bonchev–Trinajstić information content (AvgIpc) is 2.76. The molecule has 0 aliphatic rings. The molecule has 2 rings (SSSR count). The summed E-state index contributed by atoms with van der Waals surface area (Å²) in [6, 6.07) is 1.61. The molecule has 5 heteroatoms. The summed E-state index contributed by atoms with van der Waals surface area (Å²) in [4.78, 5) is 19.3. The average molecular weight is 263 g/mol. The Kier molecular flexibility index (Phi) is 3.93. The number of rotatable bonds is 5. The summed E-state index contributed by atoms with van der Waals surface area (Å²) in [6.45, 7) is 10.5. The van der Waals surface area contributed by atoms with Crippen LogP contribution in [0.5, 0.6) is 0 Å². The van der Waals surface area contributed by atoms with Crippen LogP contribution in [0, 0.1) is 0 Å². The van der Waals surface area contributed by atoms with Crippen LogP contribution in [0.1, 0.15) is 19.5 Å². The van der Waals surface area contributed by atoms with Gasteiger partial charge in [0.1, 0.15) is 0 Å². The van der Waals surface area contributed by atoms with Crippen LogP contribution in [-0.2, 0) is 6.54 Å². The first-order valence-corrected chi connectivity index (χ1v) is 6.80. The van der Waals surface area contributed by atoms with E-state index in [1.807, 2.05) is 12.3 Å². The predicted octanol–water partition coefficient (Wildman–Crippen LogP) is 2.15. The molecule has 0 saturated heterocycles. The van der Waals surface area contributed by atoms with Crippen LogP contribution in [0.15, 0.2) is 34.6 Å². The SMILES string of the molecule is C=C(C)CN(CC)Cc1cc(=O)n2ccsc2n1.